The third kappa shape index (κ3) is 3.60. The molecule has 0 atom stereocenters. The van der Waals surface area contributed by atoms with Gasteiger partial charge < -0.3 is 5.32 Å². The molecule has 2 aromatic carbocycles. The predicted octanol–water partition coefficient (Wildman–Crippen LogP) is 4.14. The molecule has 0 spiro atoms. The van der Waals surface area contributed by atoms with Crippen molar-refractivity contribution in [1.82, 2.24) is 4.98 Å². The van der Waals surface area contributed by atoms with Crippen LogP contribution in [0.3, 0.4) is 0 Å². The first kappa shape index (κ1) is 16.1. The van der Waals surface area contributed by atoms with Crippen LogP contribution in [0.1, 0.15) is 24.2 Å². The molecule has 1 aromatic heterocycles. The quantitative estimate of drug-likeness (QED) is 0.750. The number of thiazole rings is 1. The maximum absolute atomic E-state index is 12.4. The molecule has 0 unspecified atom stereocenters. The number of carbonyl (C=O) groups excluding carboxylic acids is 2. The number of amides is 2. The standard InChI is InChI=1S/C18H17N3O2S/c1-11(2)16(22)19-13-7-5-6-12(10-13)17(23)21-18-20-14-8-3-4-9-15(14)24-18/h3-11H,1-2H3,(H,19,22)(H,20,21,23). The molecule has 0 fully saturated rings. The first-order valence-electron chi connectivity index (χ1n) is 7.61. The lowest BCUT2D eigenvalue weighted by Gasteiger charge is -2.09. The SMILES string of the molecule is CC(C)C(=O)Nc1cccc(C(=O)Nc2nc3ccccc3s2)c1. The van der Waals surface area contributed by atoms with Crippen LogP contribution in [0, 0.1) is 5.92 Å². The molecule has 1 heterocycles. The highest BCUT2D eigenvalue weighted by molar-refractivity contribution is 7.22. The van der Waals surface area contributed by atoms with Gasteiger partial charge >= 0.3 is 0 Å². The van der Waals surface area contributed by atoms with Gasteiger partial charge in [0.15, 0.2) is 5.13 Å². The third-order valence-corrected chi connectivity index (χ3v) is 4.38. The molecule has 0 aliphatic heterocycles. The van der Waals surface area contributed by atoms with E-state index in [1.165, 1.54) is 11.3 Å². The van der Waals surface area contributed by atoms with Crippen molar-refractivity contribution < 1.29 is 9.59 Å². The van der Waals surface area contributed by atoms with Gasteiger partial charge in [0.25, 0.3) is 5.91 Å². The Morgan fingerprint density at radius 3 is 2.58 bits per heavy atom. The summed E-state index contributed by atoms with van der Waals surface area (Å²) in [5, 5.41) is 6.15. The van der Waals surface area contributed by atoms with E-state index in [-0.39, 0.29) is 17.7 Å². The lowest BCUT2D eigenvalue weighted by Crippen LogP contribution is -2.18. The van der Waals surface area contributed by atoms with E-state index < -0.39 is 0 Å². The highest BCUT2D eigenvalue weighted by Crippen LogP contribution is 2.26. The average Bonchev–Trinajstić information content (AvgIpc) is 2.97. The molecule has 2 amide bonds. The highest BCUT2D eigenvalue weighted by Gasteiger charge is 2.12. The second-order valence-electron chi connectivity index (χ2n) is 5.67. The summed E-state index contributed by atoms with van der Waals surface area (Å²) in [6, 6.07) is 14.6. The number of fused-ring (bicyclic) bond motifs is 1. The van der Waals surface area contributed by atoms with Gasteiger partial charge in [0.2, 0.25) is 5.91 Å². The molecule has 0 radical (unpaired) electrons. The minimum Gasteiger partial charge on any atom is -0.326 e. The Bertz CT molecular complexity index is 869. The van der Waals surface area contributed by atoms with Gasteiger partial charge in [-0.05, 0) is 30.3 Å². The molecule has 6 heteroatoms. The van der Waals surface area contributed by atoms with Crippen molar-refractivity contribution in [1.29, 1.82) is 0 Å². The van der Waals surface area contributed by atoms with E-state index in [0.717, 1.165) is 10.2 Å². The minimum atomic E-state index is -0.255. The number of anilines is 2. The van der Waals surface area contributed by atoms with E-state index in [1.54, 1.807) is 24.3 Å². The van der Waals surface area contributed by atoms with Crippen molar-refractivity contribution in [3.8, 4) is 0 Å². The first-order valence-corrected chi connectivity index (χ1v) is 8.42. The Labute approximate surface area is 143 Å². The first-order chi connectivity index (χ1) is 11.5. The minimum absolute atomic E-state index is 0.0845. The van der Waals surface area contributed by atoms with Gasteiger partial charge in [-0.15, -0.1) is 0 Å². The predicted molar refractivity (Wildman–Crippen MR) is 97.5 cm³/mol. The van der Waals surface area contributed by atoms with Crippen molar-refractivity contribution in [3.63, 3.8) is 0 Å². The van der Waals surface area contributed by atoms with E-state index in [2.05, 4.69) is 15.6 Å². The fourth-order valence-electron chi connectivity index (χ4n) is 2.12. The topological polar surface area (TPSA) is 71.1 Å². The second kappa shape index (κ2) is 6.80. The number of aromatic nitrogens is 1. The van der Waals surface area contributed by atoms with E-state index in [4.69, 9.17) is 0 Å². The van der Waals surface area contributed by atoms with Crippen molar-refractivity contribution in [2.24, 2.45) is 5.92 Å². The fourth-order valence-corrected chi connectivity index (χ4v) is 2.98. The lowest BCUT2D eigenvalue weighted by atomic mass is 10.1. The molecule has 0 saturated heterocycles. The maximum Gasteiger partial charge on any atom is 0.257 e. The molecule has 122 valence electrons. The average molecular weight is 339 g/mol. The molecule has 0 aliphatic rings. The second-order valence-corrected chi connectivity index (χ2v) is 6.70. The summed E-state index contributed by atoms with van der Waals surface area (Å²) in [5.74, 6) is -0.460. The Kier molecular flexibility index (Phi) is 4.57. The van der Waals surface area contributed by atoms with Gasteiger partial charge in [-0.2, -0.15) is 0 Å². The van der Waals surface area contributed by atoms with Crippen LogP contribution in [0.4, 0.5) is 10.8 Å². The largest absolute Gasteiger partial charge is 0.326 e. The zero-order valence-electron chi connectivity index (χ0n) is 13.4. The molecule has 0 saturated carbocycles. The zero-order chi connectivity index (χ0) is 17.1. The molecule has 3 aromatic rings. The van der Waals surface area contributed by atoms with Crippen molar-refractivity contribution >= 4 is 44.2 Å². The van der Waals surface area contributed by atoms with Crippen LogP contribution >= 0.6 is 11.3 Å². The smallest absolute Gasteiger partial charge is 0.257 e. The Morgan fingerprint density at radius 1 is 1.04 bits per heavy atom. The fraction of sp³-hybridized carbons (Fsp3) is 0.167. The van der Waals surface area contributed by atoms with Gasteiger partial charge in [-0.3, -0.25) is 14.9 Å². The summed E-state index contributed by atoms with van der Waals surface area (Å²) >= 11 is 1.43. The number of benzene rings is 2. The number of para-hydroxylation sites is 1. The third-order valence-electron chi connectivity index (χ3n) is 3.43. The Hall–Kier alpha value is -2.73. The van der Waals surface area contributed by atoms with E-state index >= 15 is 0 Å². The normalized spacial score (nSPS) is 10.8. The number of nitrogens with zero attached hydrogens (tertiary/aromatic N) is 1. The van der Waals surface area contributed by atoms with Gasteiger partial charge in [0.1, 0.15) is 0 Å². The van der Waals surface area contributed by atoms with Crippen molar-refractivity contribution in [2.75, 3.05) is 10.6 Å². The highest BCUT2D eigenvalue weighted by atomic mass is 32.1. The number of hydrogen-bond donors (Lipinski definition) is 2. The van der Waals surface area contributed by atoms with Crippen LogP contribution in [0.25, 0.3) is 10.2 Å². The maximum atomic E-state index is 12.4. The summed E-state index contributed by atoms with van der Waals surface area (Å²) < 4.78 is 1.02. The summed E-state index contributed by atoms with van der Waals surface area (Å²) in [5.41, 5.74) is 1.93. The summed E-state index contributed by atoms with van der Waals surface area (Å²) in [6.07, 6.45) is 0. The molecule has 5 nitrogen and oxygen atoms in total. The molecule has 3 rings (SSSR count). The van der Waals surface area contributed by atoms with Gasteiger partial charge in [0, 0.05) is 17.2 Å². The van der Waals surface area contributed by atoms with E-state index in [0.29, 0.717) is 16.4 Å². The van der Waals surface area contributed by atoms with Crippen LogP contribution < -0.4 is 10.6 Å². The van der Waals surface area contributed by atoms with Crippen LogP contribution in [0.2, 0.25) is 0 Å². The molecule has 0 aliphatic carbocycles. The summed E-state index contributed by atoms with van der Waals surface area (Å²) in [4.78, 5) is 28.6. The number of hydrogen-bond acceptors (Lipinski definition) is 4. The van der Waals surface area contributed by atoms with E-state index in [9.17, 15) is 9.59 Å². The van der Waals surface area contributed by atoms with Crippen LogP contribution in [0.5, 0.6) is 0 Å². The van der Waals surface area contributed by atoms with Crippen LogP contribution in [-0.2, 0) is 4.79 Å². The monoisotopic (exact) mass is 339 g/mol. The zero-order valence-corrected chi connectivity index (χ0v) is 14.2. The summed E-state index contributed by atoms with van der Waals surface area (Å²) in [6.45, 7) is 3.64. The molecule has 24 heavy (non-hydrogen) atoms. The van der Waals surface area contributed by atoms with Crippen LogP contribution in [-0.4, -0.2) is 16.8 Å². The van der Waals surface area contributed by atoms with E-state index in [1.807, 2.05) is 38.1 Å². The Morgan fingerprint density at radius 2 is 1.83 bits per heavy atom. The number of rotatable bonds is 4. The van der Waals surface area contributed by atoms with Gasteiger partial charge in [-0.1, -0.05) is 43.4 Å². The summed E-state index contributed by atoms with van der Waals surface area (Å²) in [7, 11) is 0. The van der Waals surface area contributed by atoms with Crippen molar-refractivity contribution in [2.45, 2.75) is 13.8 Å². The Balaban J connectivity index is 1.76. The molecule has 0 bridgehead atoms. The number of carbonyl (C=O) groups is 2. The lowest BCUT2D eigenvalue weighted by molar-refractivity contribution is -0.118. The molecular weight excluding hydrogens is 322 g/mol. The molecular formula is C18H17N3O2S. The van der Waals surface area contributed by atoms with Gasteiger partial charge in [0.05, 0.1) is 10.2 Å². The molecule has 2 N–H and O–H groups in total. The van der Waals surface area contributed by atoms with Crippen LogP contribution in [0.15, 0.2) is 48.5 Å². The van der Waals surface area contributed by atoms with Gasteiger partial charge in [-0.25, -0.2) is 4.98 Å². The number of nitrogens with one attached hydrogen (secondary N) is 2. The van der Waals surface area contributed by atoms with Crippen molar-refractivity contribution in [3.05, 3.63) is 54.1 Å².